The topological polar surface area (TPSA) is 52.9 Å². The van der Waals surface area contributed by atoms with E-state index in [2.05, 4.69) is 11.4 Å². The van der Waals surface area contributed by atoms with Gasteiger partial charge in [0.15, 0.2) is 0 Å². The lowest BCUT2D eigenvalue weighted by molar-refractivity contribution is -0.119. The van der Waals surface area contributed by atoms with Crippen molar-refractivity contribution in [3.63, 3.8) is 0 Å². The first-order chi connectivity index (χ1) is 5.04. The minimum Gasteiger partial charge on any atom is -0.338 e. The van der Waals surface area contributed by atoms with Crippen LogP contribution in [0.2, 0.25) is 0 Å². The second-order valence-electron chi connectivity index (χ2n) is 2.56. The van der Waals surface area contributed by atoms with Crippen molar-refractivity contribution < 1.29 is 4.79 Å². The highest BCUT2D eigenvalue weighted by atomic mass is 32.2. The Hall–Kier alpha value is -0.690. The third-order valence-corrected chi connectivity index (χ3v) is 2.00. The summed E-state index contributed by atoms with van der Waals surface area (Å²) in [4.78, 5) is 10.6. The molecule has 0 aromatic rings. The third-order valence-electron chi connectivity index (χ3n) is 1.13. The van der Waals surface area contributed by atoms with Crippen LogP contribution < -0.4 is 5.32 Å². The summed E-state index contributed by atoms with van der Waals surface area (Å²) in [6.07, 6.45) is 1.90. The maximum Gasteiger partial charge on any atom is 0.218 e. The quantitative estimate of drug-likeness (QED) is 0.684. The monoisotopic (exact) mass is 172 g/mol. The van der Waals surface area contributed by atoms with Gasteiger partial charge >= 0.3 is 0 Å². The van der Waals surface area contributed by atoms with Crippen LogP contribution in [0.5, 0.6) is 0 Å². The Kier molecular flexibility index (Phi) is 3.98. The van der Waals surface area contributed by atoms with Gasteiger partial charge < -0.3 is 5.32 Å². The van der Waals surface area contributed by atoms with Crippen molar-refractivity contribution in [3.8, 4) is 6.07 Å². The summed E-state index contributed by atoms with van der Waals surface area (Å²) in [6.45, 7) is 3.13. The predicted octanol–water partition coefficient (Wildman–Crippen LogP) is 0.768. The number of thioether (sulfide) groups is 1. The molecule has 0 saturated carbocycles. The van der Waals surface area contributed by atoms with E-state index in [1.54, 1.807) is 6.92 Å². The molecule has 0 radical (unpaired) electrons. The summed E-state index contributed by atoms with van der Waals surface area (Å²) >= 11 is 1.54. The van der Waals surface area contributed by atoms with E-state index in [0.29, 0.717) is 5.75 Å². The smallest absolute Gasteiger partial charge is 0.218 e. The molecule has 62 valence electrons. The average Bonchev–Trinajstić information content (AvgIpc) is 1.87. The molecule has 0 aromatic heterocycles. The summed E-state index contributed by atoms with van der Waals surface area (Å²) in [7, 11) is 0. The zero-order valence-corrected chi connectivity index (χ0v) is 7.79. The molecule has 0 saturated heterocycles. The Labute approximate surface area is 71.2 Å². The zero-order valence-electron chi connectivity index (χ0n) is 6.97. The summed E-state index contributed by atoms with van der Waals surface area (Å²) in [6, 6.07) is 2.06. The number of rotatable bonds is 3. The van der Waals surface area contributed by atoms with Crippen LogP contribution in [0, 0.1) is 11.3 Å². The lowest BCUT2D eigenvalue weighted by Crippen LogP contribution is -2.45. The molecule has 1 unspecified atom stereocenters. The van der Waals surface area contributed by atoms with E-state index < -0.39 is 5.54 Å². The van der Waals surface area contributed by atoms with E-state index in [0.717, 1.165) is 0 Å². The van der Waals surface area contributed by atoms with Crippen LogP contribution >= 0.6 is 11.8 Å². The Morgan fingerprint density at radius 3 is 2.64 bits per heavy atom. The van der Waals surface area contributed by atoms with Gasteiger partial charge in [-0.3, -0.25) is 4.79 Å². The lowest BCUT2D eigenvalue weighted by atomic mass is 10.1. The molecule has 0 aliphatic carbocycles. The fraction of sp³-hybridized carbons (Fsp3) is 0.714. The van der Waals surface area contributed by atoms with Crippen LogP contribution in [-0.4, -0.2) is 23.5 Å². The number of amides is 1. The van der Waals surface area contributed by atoms with Crippen molar-refractivity contribution in [3.05, 3.63) is 0 Å². The van der Waals surface area contributed by atoms with Crippen LogP contribution in [0.1, 0.15) is 13.8 Å². The SMILES string of the molecule is CSCC(C)(C#N)NC(C)=O. The van der Waals surface area contributed by atoms with Gasteiger partial charge in [-0.25, -0.2) is 0 Å². The molecule has 1 N–H and O–H groups in total. The molecule has 0 aliphatic heterocycles. The van der Waals surface area contributed by atoms with E-state index in [1.807, 2.05) is 6.26 Å². The molecular weight excluding hydrogens is 160 g/mol. The standard InChI is InChI=1S/C7H12N2OS/c1-6(10)9-7(2,4-8)5-11-3/h5H2,1-3H3,(H,9,10). The van der Waals surface area contributed by atoms with Gasteiger partial charge in [-0.15, -0.1) is 0 Å². The molecule has 0 rings (SSSR count). The normalized spacial score (nSPS) is 14.7. The number of nitrogens with zero attached hydrogens (tertiary/aromatic N) is 1. The predicted molar refractivity (Wildman–Crippen MR) is 46.2 cm³/mol. The molecule has 0 spiro atoms. The van der Waals surface area contributed by atoms with E-state index in [9.17, 15) is 4.79 Å². The van der Waals surface area contributed by atoms with Crippen molar-refractivity contribution in [1.82, 2.24) is 5.32 Å². The maximum absolute atomic E-state index is 10.6. The molecule has 0 aromatic carbocycles. The van der Waals surface area contributed by atoms with Crippen LogP contribution in [0.4, 0.5) is 0 Å². The van der Waals surface area contributed by atoms with Gasteiger partial charge in [0.2, 0.25) is 5.91 Å². The fourth-order valence-electron chi connectivity index (χ4n) is 0.774. The average molecular weight is 172 g/mol. The number of hydrogen-bond acceptors (Lipinski definition) is 3. The second kappa shape index (κ2) is 4.24. The minimum absolute atomic E-state index is 0.164. The lowest BCUT2D eigenvalue weighted by Gasteiger charge is -2.20. The molecule has 11 heavy (non-hydrogen) atoms. The Bertz CT molecular complexity index is 187. The zero-order chi connectivity index (χ0) is 8.91. The van der Waals surface area contributed by atoms with Gasteiger partial charge in [0.1, 0.15) is 5.54 Å². The second-order valence-corrected chi connectivity index (χ2v) is 3.42. The molecule has 1 atom stereocenters. The summed E-state index contributed by atoms with van der Waals surface area (Å²) < 4.78 is 0. The van der Waals surface area contributed by atoms with Crippen molar-refractivity contribution in [2.75, 3.05) is 12.0 Å². The molecule has 0 aliphatic rings. The van der Waals surface area contributed by atoms with Gasteiger partial charge in [-0.1, -0.05) is 0 Å². The van der Waals surface area contributed by atoms with E-state index in [-0.39, 0.29) is 5.91 Å². The van der Waals surface area contributed by atoms with Gasteiger partial charge in [-0.05, 0) is 13.2 Å². The first-order valence-electron chi connectivity index (χ1n) is 3.23. The summed E-state index contributed by atoms with van der Waals surface area (Å²) in [5.74, 6) is 0.450. The minimum atomic E-state index is -0.717. The number of nitriles is 1. The van der Waals surface area contributed by atoms with Crippen LogP contribution in [0.15, 0.2) is 0 Å². The number of nitrogens with one attached hydrogen (secondary N) is 1. The van der Waals surface area contributed by atoms with Gasteiger partial charge in [0.05, 0.1) is 6.07 Å². The summed E-state index contributed by atoms with van der Waals surface area (Å²) in [5.41, 5.74) is -0.717. The maximum atomic E-state index is 10.6. The molecule has 4 heteroatoms. The largest absolute Gasteiger partial charge is 0.338 e. The van der Waals surface area contributed by atoms with Gasteiger partial charge in [0.25, 0.3) is 0 Å². The van der Waals surface area contributed by atoms with Crippen LogP contribution in [0.25, 0.3) is 0 Å². The highest BCUT2D eigenvalue weighted by Crippen LogP contribution is 2.08. The van der Waals surface area contributed by atoms with E-state index in [1.165, 1.54) is 18.7 Å². The van der Waals surface area contributed by atoms with Crippen molar-refractivity contribution in [1.29, 1.82) is 5.26 Å². The van der Waals surface area contributed by atoms with Crippen molar-refractivity contribution >= 4 is 17.7 Å². The van der Waals surface area contributed by atoms with Gasteiger partial charge in [0, 0.05) is 12.7 Å². The fourth-order valence-corrected chi connectivity index (χ4v) is 1.49. The summed E-state index contributed by atoms with van der Waals surface area (Å²) in [5, 5.41) is 11.3. The van der Waals surface area contributed by atoms with Crippen molar-refractivity contribution in [2.45, 2.75) is 19.4 Å². The molecule has 0 heterocycles. The van der Waals surface area contributed by atoms with Crippen LogP contribution in [0.3, 0.4) is 0 Å². The molecule has 1 amide bonds. The molecular formula is C7H12N2OS. The highest BCUT2D eigenvalue weighted by Gasteiger charge is 2.23. The Balaban J connectivity index is 4.13. The Morgan fingerprint density at radius 1 is 1.82 bits per heavy atom. The number of carbonyl (C=O) groups excluding carboxylic acids is 1. The van der Waals surface area contributed by atoms with E-state index in [4.69, 9.17) is 5.26 Å². The molecule has 0 fully saturated rings. The van der Waals surface area contributed by atoms with E-state index >= 15 is 0 Å². The van der Waals surface area contributed by atoms with Gasteiger partial charge in [-0.2, -0.15) is 17.0 Å². The first-order valence-corrected chi connectivity index (χ1v) is 4.62. The van der Waals surface area contributed by atoms with Crippen molar-refractivity contribution in [2.24, 2.45) is 0 Å². The number of hydrogen-bond donors (Lipinski definition) is 1. The molecule has 3 nitrogen and oxygen atoms in total. The Morgan fingerprint density at radius 2 is 2.36 bits per heavy atom. The first kappa shape index (κ1) is 10.3. The third kappa shape index (κ3) is 3.89. The highest BCUT2D eigenvalue weighted by molar-refractivity contribution is 7.98. The number of carbonyl (C=O) groups is 1. The van der Waals surface area contributed by atoms with Crippen LogP contribution in [-0.2, 0) is 4.79 Å². The molecule has 0 bridgehead atoms.